The van der Waals surface area contributed by atoms with E-state index in [4.69, 9.17) is 4.74 Å². The third-order valence-corrected chi connectivity index (χ3v) is 4.38. The van der Waals surface area contributed by atoms with Gasteiger partial charge in [-0.2, -0.15) is 0 Å². The Balaban J connectivity index is 1.60. The first kappa shape index (κ1) is 17.3. The van der Waals surface area contributed by atoms with Gasteiger partial charge in [0.15, 0.2) is 0 Å². The zero-order chi connectivity index (χ0) is 15.6. The molecule has 2 rings (SSSR count). The van der Waals surface area contributed by atoms with E-state index in [1.54, 1.807) is 0 Å². The standard InChI is InChI=1S/C19H31NO2/c1-2-3-4-5-15-22-19-10-8-17(9-11-19)7-6-13-20-14-12-18(21)16-20/h8-11,18,21H,2-7,12-16H2,1H3/t18-/m0/s1. The van der Waals surface area contributed by atoms with Crippen molar-refractivity contribution in [1.29, 1.82) is 0 Å². The van der Waals surface area contributed by atoms with E-state index in [-0.39, 0.29) is 6.10 Å². The van der Waals surface area contributed by atoms with Gasteiger partial charge in [-0.3, -0.25) is 0 Å². The molecule has 3 heteroatoms. The highest BCUT2D eigenvalue weighted by molar-refractivity contribution is 5.27. The minimum Gasteiger partial charge on any atom is -0.494 e. The highest BCUT2D eigenvalue weighted by Gasteiger charge is 2.18. The quantitative estimate of drug-likeness (QED) is 0.670. The highest BCUT2D eigenvalue weighted by atomic mass is 16.5. The number of unbranched alkanes of at least 4 members (excludes halogenated alkanes) is 3. The summed E-state index contributed by atoms with van der Waals surface area (Å²) in [7, 11) is 0. The van der Waals surface area contributed by atoms with Gasteiger partial charge in [-0.25, -0.2) is 0 Å². The summed E-state index contributed by atoms with van der Waals surface area (Å²) in [5.41, 5.74) is 1.37. The van der Waals surface area contributed by atoms with Crippen molar-refractivity contribution in [3.05, 3.63) is 29.8 Å². The molecule has 0 unspecified atom stereocenters. The second-order valence-electron chi connectivity index (χ2n) is 6.40. The Labute approximate surface area is 135 Å². The van der Waals surface area contributed by atoms with Gasteiger partial charge in [-0.15, -0.1) is 0 Å². The van der Waals surface area contributed by atoms with Gasteiger partial charge >= 0.3 is 0 Å². The molecule has 1 heterocycles. The van der Waals surface area contributed by atoms with Crippen LogP contribution < -0.4 is 4.74 Å². The molecule has 22 heavy (non-hydrogen) atoms. The summed E-state index contributed by atoms with van der Waals surface area (Å²) < 4.78 is 5.77. The lowest BCUT2D eigenvalue weighted by molar-refractivity contribution is 0.176. The smallest absolute Gasteiger partial charge is 0.119 e. The molecule has 1 aromatic carbocycles. The van der Waals surface area contributed by atoms with Crippen molar-refractivity contribution in [3.8, 4) is 5.75 Å². The summed E-state index contributed by atoms with van der Waals surface area (Å²) >= 11 is 0. The first-order chi connectivity index (χ1) is 10.8. The largest absolute Gasteiger partial charge is 0.494 e. The van der Waals surface area contributed by atoms with Gasteiger partial charge in [0.25, 0.3) is 0 Å². The molecular weight excluding hydrogens is 274 g/mol. The van der Waals surface area contributed by atoms with E-state index in [9.17, 15) is 5.11 Å². The molecule has 1 saturated heterocycles. The number of benzene rings is 1. The fourth-order valence-electron chi connectivity index (χ4n) is 2.99. The molecule has 0 aliphatic carbocycles. The predicted molar refractivity (Wildman–Crippen MR) is 91.5 cm³/mol. The molecule has 0 spiro atoms. The Hall–Kier alpha value is -1.06. The fourth-order valence-corrected chi connectivity index (χ4v) is 2.99. The van der Waals surface area contributed by atoms with Crippen LogP contribution in [0.15, 0.2) is 24.3 Å². The van der Waals surface area contributed by atoms with Crippen LogP contribution in [0.25, 0.3) is 0 Å². The van der Waals surface area contributed by atoms with Gasteiger partial charge in [0.1, 0.15) is 5.75 Å². The summed E-state index contributed by atoms with van der Waals surface area (Å²) in [6, 6.07) is 8.55. The van der Waals surface area contributed by atoms with E-state index in [1.165, 1.54) is 24.8 Å². The minimum absolute atomic E-state index is 0.103. The molecule has 0 amide bonds. The molecule has 3 nitrogen and oxygen atoms in total. The third kappa shape index (κ3) is 6.37. The van der Waals surface area contributed by atoms with Crippen LogP contribution in [0.3, 0.4) is 0 Å². The van der Waals surface area contributed by atoms with Gasteiger partial charge in [-0.1, -0.05) is 38.3 Å². The lowest BCUT2D eigenvalue weighted by atomic mass is 10.1. The van der Waals surface area contributed by atoms with Crippen LogP contribution in [0, 0.1) is 0 Å². The van der Waals surface area contributed by atoms with E-state index < -0.39 is 0 Å². The molecule has 1 aliphatic rings. The first-order valence-electron chi connectivity index (χ1n) is 8.90. The zero-order valence-electron chi connectivity index (χ0n) is 14.0. The molecule has 1 atom stereocenters. The Morgan fingerprint density at radius 1 is 1.14 bits per heavy atom. The highest BCUT2D eigenvalue weighted by Crippen LogP contribution is 2.15. The van der Waals surface area contributed by atoms with Crippen LogP contribution in [0.2, 0.25) is 0 Å². The molecule has 0 bridgehead atoms. The van der Waals surface area contributed by atoms with Crippen molar-refractivity contribution < 1.29 is 9.84 Å². The maximum Gasteiger partial charge on any atom is 0.119 e. The van der Waals surface area contributed by atoms with Crippen molar-refractivity contribution >= 4 is 0 Å². The maximum absolute atomic E-state index is 9.51. The summed E-state index contributed by atoms with van der Waals surface area (Å²) in [5.74, 6) is 0.989. The second-order valence-corrected chi connectivity index (χ2v) is 6.40. The number of aliphatic hydroxyl groups excluding tert-OH is 1. The number of likely N-dealkylation sites (tertiary alicyclic amines) is 1. The summed E-state index contributed by atoms with van der Waals surface area (Å²) in [6.07, 6.45) is 8.07. The Kier molecular flexibility index (Phi) is 7.75. The summed E-state index contributed by atoms with van der Waals surface area (Å²) in [4.78, 5) is 2.36. The van der Waals surface area contributed by atoms with Crippen LogP contribution in [0.1, 0.15) is 51.0 Å². The predicted octanol–water partition coefficient (Wildman–Crippen LogP) is 3.64. The molecule has 124 valence electrons. The average molecular weight is 305 g/mol. The third-order valence-electron chi connectivity index (χ3n) is 4.38. The van der Waals surface area contributed by atoms with Crippen LogP contribution >= 0.6 is 0 Å². The number of β-amino-alcohol motifs (C(OH)–C–C–N with tert-alkyl or cyclic N) is 1. The lowest BCUT2D eigenvalue weighted by Gasteiger charge is -2.14. The second kappa shape index (κ2) is 9.86. The van der Waals surface area contributed by atoms with Gasteiger partial charge in [-0.05, 0) is 49.9 Å². The Morgan fingerprint density at radius 3 is 2.64 bits per heavy atom. The molecule has 0 radical (unpaired) electrons. The molecule has 0 saturated carbocycles. The van der Waals surface area contributed by atoms with Crippen LogP contribution in [0.4, 0.5) is 0 Å². The molecule has 1 aliphatic heterocycles. The van der Waals surface area contributed by atoms with Gasteiger partial charge in [0.05, 0.1) is 12.7 Å². The number of rotatable bonds is 10. The van der Waals surface area contributed by atoms with E-state index in [1.807, 2.05) is 0 Å². The normalized spacial score (nSPS) is 18.7. The number of nitrogens with zero attached hydrogens (tertiary/aromatic N) is 1. The molecule has 1 N–H and O–H groups in total. The Bertz CT molecular complexity index is 404. The monoisotopic (exact) mass is 305 g/mol. The molecule has 1 fully saturated rings. The van der Waals surface area contributed by atoms with E-state index in [0.29, 0.717) is 0 Å². The number of ether oxygens (including phenoxy) is 1. The lowest BCUT2D eigenvalue weighted by Crippen LogP contribution is -2.23. The molecular formula is C19H31NO2. The first-order valence-corrected chi connectivity index (χ1v) is 8.90. The summed E-state index contributed by atoms with van der Waals surface area (Å²) in [6.45, 7) is 6.05. The summed E-state index contributed by atoms with van der Waals surface area (Å²) in [5, 5.41) is 9.51. The van der Waals surface area contributed by atoms with E-state index >= 15 is 0 Å². The van der Waals surface area contributed by atoms with Crippen LogP contribution in [-0.2, 0) is 6.42 Å². The van der Waals surface area contributed by atoms with Gasteiger partial charge in [0, 0.05) is 13.1 Å². The molecule has 0 aromatic heterocycles. The van der Waals surface area contributed by atoms with Gasteiger partial charge in [0.2, 0.25) is 0 Å². The minimum atomic E-state index is -0.103. The Morgan fingerprint density at radius 2 is 1.95 bits per heavy atom. The number of aliphatic hydroxyl groups is 1. The number of aryl methyl sites for hydroxylation is 1. The zero-order valence-corrected chi connectivity index (χ0v) is 14.0. The fraction of sp³-hybridized carbons (Fsp3) is 0.684. The van der Waals surface area contributed by atoms with Crippen molar-refractivity contribution in [2.45, 2.75) is 58.0 Å². The van der Waals surface area contributed by atoms with Gasteiger partial charge < -0.3 is 14.7 Å². The topological polar surface area (TPSA) is 32.7 Å². The van der Waals surface area contributed by atoms with Crippen molar-refractivity contribution in [2.24, 2.45) is 0 Å². The SMILES string of the molecule is CCCCCCOc1ccc(CCCN2CC[C@H](O)C2)cc1. The number of hydrogen-bond acceptors (Lipinski definition) is 3. The maximum atomic E-state index is 9.51. The van der Waals surface area contributed by atoms with Crippen LogP contribution in [0.5, 0.6) is 5.75 Å². The van der Waals surface area contributed by atoms with Crippen molar-refractivity contribution in [3.63, 3.8) is 0 Å². The van der Waals surface area contributed by atoms with Crippen molar-refractivity contribution in [2.75, 3.05) is 26.2 Å². The van der Waals surface area contributed by atoms with Crippen molar-refractivity contribution in [1.82, 2.24) is 4.90 Å². The van der Waals surface area contributed by atoms with E-state index in [0.717, 1.165) is 57.7 Å². The number of hydrogen-bond donors (Lipinski definition) is 1. The average Bonchev–Trinajstić information content (AvgIpc) is 2.94. The van der Waals surface area contributed by atoms with E-state index in [2.05, 4.69) is 36.1 Å². The molecule has 1 aromatic rings. The van der Waals surface area contributed by atoms with Crippen LogP contribution in [-0.4, -0.2) is 42.4 Å².